The fourth-order valence-electron chi connectivity index (χ4n) is 1.21. The van der Waals surface area contributed by atoms with E-state index in [-0.39, 0.29) is 0 Å². The van der Waals surface area contributed by atoms with Gasteiger partial charge >= 0.3 is 6.09 Å². The lowest BCUT2D eigenvalue weighted by atomic mass is 10.2. The van der Waals surface area contributed by atoms with E-state index in [9.17, 15) is 4.79 Å². The van der Waals surface area contributed by atoms with Crippen LogP contribution in [0.4, 0.5) is 10.5 Å². The minimum absolute atomic E-state index is 0.425. The molecule has 0 saturated heterocycles. The molecule has 0 bridgehead atoms. The summed E-state index contributed by atoms with van der Waals surface area (Å²) in [4.78, 5) is 15.4. The SMILES string of the molecule is CC(C)(C)OC(=O)NCCC#Cc1ncccc1N. The lowest BCUT2D eigenvalue weighted by molar-refractivity contribution is 0.0529. The largest absolute Gasteiger partial charge is 0.444 e. The Bertz CT molecular complexity index is 495. The predicted molar refractivity (Wildman–Crippen MR) is 74.4 cm³/mol. The zero-order chi connectivity index (χ0) is 14.3. The van der Waals surface area contributed by atoms with Crippen LogP contribution in [-0.2, 0) is 4.74 Å². The van der Waals surface area contributed by atoms with Crippen molar-refractivity contribution in [3.63, 3.8) is 0 Å². The summed E-state index contributed by atoms with van der Waals surface area (Å²) in [6, 6.07) is 3.50. The Morgan fingerprint density at radius 1 is 1.53 bits per heavy atom. The minimum atomic E-state index is -0.488. The molecule has 1 rings (SSSR count). The monoisotopic (exact) mass is 261 g/mol. The highest BCUT2D eigenvalue weighted by atomic mass is 16.6. The van der Waals surface area contributed by atoms with Crippen LogP contribution in [0.1, 0.15) is 32.9 Å². The standard InChI is InChI=1S/C14H19N3O2/c1-14(2,3)19-13(18)17-9-5-4-8-12-11(15)7-6-10-16-12/h6-7,10H,5,9,15H2,1-3H3,(H,17,18). The van der Waals surface area contributed by atoms with Gasteiger partial charge in [0.2, 0.25) is 0 Å². The fourth-order valence-corrected chi connectivity index (χ4v) is 1.21. The van der Waals surface area contributed by atoms with Gasteiger partial charge in [-0.05, 0) is 38.8 Å². The van der Waals surface area contributed by atoms with Crippen LogP contribution in [0.25, 0.3) is 0 Å². The van der Waals surface area contributed by atoms with Gasteiger partial charge in [-0.25, -0.2) is 9.78 Å². The highest BCUT2D eigenvalue weighted by Gasteiger charge is 2.15. The molecule has 0 fully saturated rings. The predicted octanol–water partition coefficient (Wildman–Crippen LogP) is 1.93. The van der Waals surface area contributed by atoms with Crippen LogP contribution in [0.15, 0.2) is 18.3 Å². The van der Waals surface area contributed by atoms with Crippen molar-refractivity contribution < 1.29 is 9.53 Å². The molecule has 1 heterocycles. The van der Waals surface area contributed by atoms with E-state index in [2.05, 4.69) is 22.1 Å². The van der Waals surface area contributed by atoms with Gasteiger partial charge in [-0.15, -0.1) is 0 Å². The molecule has 1 amide bonds. The van der Waals surface area contributed by atoms with Gasteiger partial charge in [0.25, 0.3) is 0 Å². The van der Waals surface area contributed by atoms with Gasteiger partial charge in [0.15, 0.2) is 0 Å². The van der Waals surface area contributed by atoms with Gasteiger partial charge in [-0.1, -0.05) is 5.92 Å². The van der Waals surface area contributed by atoms with E-state index in [1.807, 2.05) is 20.8 Å². The molecule has 0 aliphatic heterocycles. The van der Waals surface area contributed by atoms with Gasteiger partial charge in [0.1, 0.15) is 11.3 Å². The highest BCUT2D eigenvalue weighted by molar-refractivity contribution is 5.67. The number of ether oxygens (including phenoxy) is 1. The van der Waals surface area contributed by atoms with Crippen molar-refractivity contribution in [2.24, 2.45) is 0 Å². The van der Waals surface area contributed by atoms with Crippen LogP contribution in [0.5, 0.6) is 0 Å². The fraction of sp³-hybridized carbons (Fsp3) is 0.429. The number of pyridine rings is 1. The van der Waals surface area contributed by atoms with E-state index in [4.69, 9.17) is 10.5 Å². The van der Waals surface area contributed by atoms with Crippen molar-refractivity contribution in [2.75, 3.05) is 12.3 Å². The molecule has 0 aromatic carbocycles. The summed E-state index contributed by atoms with van der Waals surface area (Å²) in [5, 5.41) is 2.62. The molecule has 0 radical (unpaired) electrons. The molecule has 5 heteroatoms. The van der Waals surface area contributed by atoms with Crippen molar-refractivity contribution in [1.29, 1.82) is 0 Å². The number of amides is 1. The number of aromatic nitrogens is 1. The lowest BCUT2D eigenvalue weighted by Crippen LogP contribution is -2.32. The molecule has 0 saturated carbocycles. The van der Waals surface area contributed by atoms with Gasteiger partial charge in [0.05, 0.1) is 5.69 Å². The van der Waals surface area contributed by atoms with Crippen LogP contribution in [0.2, 0.25) is 0 Å². The van der Waals surface area contributed by atoms with Crippen molar-refractivity contribution in [2.45, 2.75) is 32.8 Å². The molecular weight excluding hydrogens is 242 g/mol. The molecule has 3 N–H and O–H groups in total. The van der Waals surface area contributed by atoms with Crippen molar-refractivity contribution in [1.82, 2.24) is 10.3 Å². The maximum Gasteiger partial charge on any atom is 0.407 e. The van der Waals surface area contributed by atoms with Crippen molar-refractivity contribution in [3.8, 4) is 11.8 Å². The molecule has 0 aliphatic carbocycles. The Labute approximate surface area is 113 Å². The quantitative estimate of drug-likeness (QED) is 0.630. The number of anilines is 1. The van der Waals surface area contributed by atoms with Crippen molar-refractivity contribution >= 4 is 11.8 Å². The van der Waals surface area contributed by atoms with Crippen molar-refractivity contribution in [3.05, 3.63) is 24.0 Å². The number of hydrogen-bond donors (Lipinski definition) is 2. The van der Waals surface area contributed by atoms with E-state index >= 15 is 0 Å². The number of nitrogens with one attached hydrogen (secondary N) is 1. The third-order valence-corrected chi connectivity index (χ3v) is 1.96. The van der Waals surface area contributed by atoms with E-state index in [0.717, 1.165) is 0 Å². The maximum absolute atomic E-state index is 11.3. The molecule has 1 aromatic rings. The summed E-state index contributed by atoms with van der Waals surface area (Å²) in [7, 11) is 0. The molecule has 0 atom stereocenters. The summed E-state index contributed by atoms with van der Waals surface area (Å²) >= 11 is 0. The molecule has 1 aromatic heterocycles. The third-order valence-electron chi connectivity index (χ3n) is 1.96. The van der Waals surface area contributed by atoms with E-state index < -0.39 is 11.7 Å². The van der Waals surface area contributed by atoms with Crippen LogP contribution in [0.3, 0.4) is 0 Å². The van der Waals surface area contributed by atoms with E-state index in [1.54, 1.807) is 18.3 Å². The Morgan fingerprint density at radius 3 is 2.89 bits per heavy atom. The van der Waals surface area contributed by atoms with E-state index in [1.165, 1.54) is 0 Å². The number of hydrogen-bond acceptors (Lipinski definition) is 4. The topological polar surface area (TPSA) is 77.2 Å². The summed E-state index contributed by atoms with van der Waals surface area (Å²) < 4.78 is 5.09. The number of nitrogens with zero attached hydrogens (tertiary/aromatic N) is 1. The second-order valence-corrected chi connectivity index (χ2v) is 4.92. The van der Waals surface area contributed by atoms with Gasteiger partial charge in [-0.3, -0.25) is 0 Å². The Kier molecular flexibility index (Phi) is 5.19. The van der Waals surface area contributed by atoms with Crippen LogP contribution in [-0.4, -0.2) is 23.2 Å². The second-order valence-electron chi connectivity index (χ2n) is 4.92. The third kappa shape index (κ3) is 6.32. The molecule has 5 nitrogen and oxygen atoms in total. The molecule has 19 heavy (non-hydrogen) atoms. The first-order valence-corrected chi connectivity index (χ1v) is 6.05. The van der Waals surface area contributed by atoms with Gasteiger partial charge in [0, 0.05) is 19.2 Å². The number of nitrogens with two attached hydrogens (primary N) is 1. The number of carbonyl (C=O) groups is 1. The van der Waals surface area contributed by atoms with E-state index in [0.29, 0.717) is 24.3 Å². The molecule has 0 spiro atoms. The summed E-state index contributed by atoms with van der Waals surface area (Å²) in [6.45, 7) is 5.87. The van der Waals surface area contributed by atoms with Gasteiger partial charge < -0.3 is 15.8 Å². The second kappa shape index (κ2) is 6.64. The number of carbonyl (C=O) groups excluding carboxylic acids is 1. The summed E-state index contributed by atoms with van der Waals surface area (Å²) in [5.74, 6) is 5.75. The zero-order valence-corrected chi connectivity index (χ0v) is 11.5. The normalized spacial score (nSPS) is 10.3. The van der Waals surface area contributed by atoms with Gasteiger partial charge in [-0.2, -0.15) is 0 Å². The van der Waals surface area contributed by atoms with Crippen LogP contribution < -0.4 is 11.1 Å². The first-order chi connectivity index (χ1) is 8.88. The molecule has 0 unspecified atom stereocenters. The number of alkyl carbamates (subject to hydrolysis) is 1. The lowest BCUT2D eigenvalue weighted by Gasteiger charge is -2.19. The number of rotatable bonds is 2. The first-order valence-electron chi connectivity index (χ1n) is 6.05. The summed E-state index contributed by atoms with van der Waals surface area (Å²) in [5.41, 5.74) is 6.32. The zero-order valence-electron chi connectivity index (χ0n) is 11.5. The number of nitrogen functional groups attached to an aromatic ring is 1. The van der Waals surface area contributed by atoms with Crippen LogP contribution >= 0.6 is 0 Å². The Morgan fingerprint density at radius 2 is 2.26 bits per heavy atom. The minimum Gasteiger partial charge on any atom is -0.444 e. The Balaban J connectivity index is 2.33. The first kappa shape index (κ1) is 14.8. The maximum atomic E-state index is 11.3. The molecule has 0 aliphatic rings. The smallest absolute Gasteiger partial charge is 0.407 e. The Hall–Kier alpha value is -2.22. The average molecular weight is 261 g/mol. The molecule has 102 valence electrons. The summed E-state index contributed by atoms with van der Waals surface area (Å²) in [6.07, 6.45) is 1.71. The average Bonchev–Trinajstić information content (AvgIpc) is 2.28. The highest BCUT2D eigenvalue weighted by Crippen LogP contribution is 2.06. The van der Waals surface area contributed by atoms with Crippen LogP contribution in [0, 0.1) is 11.8 Å². The molecular formula is C14H19N3O2.